The molecule has 3 nitrogen and oxygen atoms in total. The van der Waals surface area contributed by atoms with Gasteiger partial charge in [0.2, 0.25) is 5.91 Å². The maximum Gasteiger partial charge on any atom is 0.256 e. The van der Waals surface area contributed by atoms with Crippen molar-refractivity contribution >= 4 is 34.2 Å². The first-order chi connectivity index (χ1) is 9.52. The second kappa shape index (κ2) is 8.30. The molecule has 1 atom stereocenters. The van der Waals surface area contributed by atoms with Crippen LogP contribution in [0, 0.1) is 17.4 Å². The van der Waals surface area contributed by atoms with E-state index < -0.39 is 13.0 Å². The van der Waals surface area contributed by atoms with Gasteiger partial charge in [-0.15, -0.1) is 17.8 Å². The Morgan fingerprint density at radius 2 is 2.05 bits per heavy atom. The van der Waals surface area contributed by atoms with Crippen molar-refractivity contribution in [2.45, 2.75) is 16.8 Å². The minimum absolute atomic E-state index is 0. The van der Waals surface area contributed by atoms with E-state index in [-0.39, 0.29) is 42.5 Å². The van der Waals surface area contributed by atoms with E-state index in [9.17, 15) is 13.6 Å². The SMILES string of the molecule is N#Cc1ccc(C2=[C-]CC(I)C(=O)N2CC(F)F)cc1.[Y]. The molecular formula is C14H10F2IN2OY-. The van der Waals surface area contributed by atoms with E-state index in [1.807, 2.05) is 28.7 Å². The summed E-state index contributed by atoms with van der Waals surface area (Å²) in [6, 6.07) is 8.44. The van der Waals surface area contributed by atoms with Gasteiger partial charge in [-0.05, 0) is 0 Å². The van der Waals surface area contributed by atoms with E-state index >= 15 is 0 Å². The summed E-state index contributed by atoms with van der Waals surface area (Å²) in [6.07, 6.45) is 0.803. The second-order valence-electron chi connectivity index (χ2n) is 4.23. The minimum Gasteiger partial charge on any atom is -0.341 e. The molecule has 1 radical (unpaired) electrons. The first-order valence-electron chi connectivity index (χ1n) is 5.88. The van der Waals surface area contributed by atoms with E-state index in [0.717, 1.165) is 4.90 Å². The van der Waals surface area contributed by atoms with Crippen LogP contribution in [0.5, 0.6) is 0 Å². The smallest absolute Gasteiger partial charge is 0.256 e. The second-order valence-corrected chi connectivity index (χ2v) is 5.73. The van der Waals surface area contributed by atoms with E-state index in [2.05, 4.69) is 6.08 Å². The first-order valence-corrected chi connectivity index (χ1v) is 7.12. The summed E-state index contributed by atoms with van der Waals surface area (Å²) in [5, 5.41) is 8.75. The average Bonchev–Trinajstić information content (AvgIpc) is 2.44. The number of amides is 1. The third kappa shape index (κ3) is 4.54. The molecule has 1 heterocycles. The van der Waals surface area contributed by atoms with Gasteiger partial charge in [-0.2, -0.15) is 10.8 Å². The molecule has 107 valence electrons. The van der Waals surface area contributed by atoms with Crippen LogP contribution in [0.15, 0.2) is 24.3 Å². The van der Waals surface area contributed by atoms with Crippen molar-refractivity contribution in [1.29, 1.82) is 5.26 Å². The molecule has 1 aromatic rings. The summed E-state index contributed by atoms with van der Waals surface area (Å²) < 4.78 is 24.9. The fourth-order valence-electron chi connectivity index (χ4n) is 1.93. The van der Waals surface area contributed by atoms with Gasteiger partial charge in [-0.25, -0.2) is 14.9 Å². The predicted molar refractivity (Wildman–Crippen MR) is 77.9 cm³/mol. The van der Waals surface area contributed by atoms with Gasteiger partial charge in [0.15, 0.2) is 0 Å². The van der Waals surface area contributed by atoms with Crippen LogP contribution in [0.2, 0.25) is 0 Å². The van der Waals surface area contributed by atoms with Crippen LogP contribution < -0.4 is 0 Å². The van der Waals surface area contributed by atoms with Gasteiger partial charge >= 0.3 is 0 Å². The number of carbonyl (C=O) groups is 1. The summed E-state index contributed by atoms with van der Waals surface area (Å²) in [5.41, 5.74) is 1.46. The molecule has 7 heteroatoms. The summed E-state index contributed by atoms with van der Waals surface area (Å²) in [7, 11) is 0. The van der Waals surface area contributed by atoms with Crippen LogP contribution in [0.1, 0.15) is 17.5 Å². The zero-order valence-electron chi connectivity index (χ0n) is 10.9. The van der Waals surface area contributed by atoms with Crippen LogP contribution in [0.25, 0.3) is 5.70 Å². The first kappa shape index (κ1) is 18.7. The fraction of sp³-hybridized carbons (Fsp3) is 0.286. The van der Waals surface area contributed by atoms with Crippen LogP contribution in [-0.2, 0) is 37.5 Å². The summed E-state index contributed by atoms with van der Waals surface area (Å²) >= 11 is 1.93. The summed E-state index contributed by atoms with van der Waals surface area (Å²) in [6.45, 7) is -0.638. The molecule has 0 aromatic heterocycles. The molecule has 1 aromatic carbocycles. The van der Waals surface area contributed by atoms with E-state index in [1.165, 1.54) is 0 Å². The van der Waals surface area contributed by atoms with Crippen molar-refractivity contribution in [3.8, 4) is 6.07 Å². The molecule has 0 saturated carbocycles. The van der Waals surface area contributed by atoms with Crippen LogP contribution in [0.4, 0.5) is 8.78 Å². The Hall–Kier alpha value is -0.386. The Bertz CT molecular complexity index is 584. The molecule has 0 fully saturated rings. The number of nitriles is 1. The van der Waals surface area contributed by atoms with E-state index in [0.29, 0.717) is 23.2 Å². The molecule has 1 aliphatic rings. The predicted octanol–water partition coefficient (Wildman–Crippen LogP) is 3.00. The molecule has 0 bridgehead atoms. The number of alkyl halides is 3. The molecule has 1 amide bonds. The fourth-order valence-corrected chi connectivity index (χ4v) is 2.48. The van der Waals surface area contributed by atoms with Crippen molar-refractivity contribution in [3.63, 3.8) is 0 Å². The summed E-state index contributed by atoms with van der Waals surface area (Å²) in [5.74, 6) is -0.330. The van der Waals surface area contributed by atoms with Crippen LogP contribution >= 0.6 is 22.6 Å². The van der Waals surface area contributed by atoms with Crippen molar-refractivity contribution in [1.82, 2.24) is 4.90 Å². The van der Waals surface area contributed by atoms with Crippen LogP contribution in [-0.4, -0.2) is 27.7 Å². The van der Waals surface area contributed by atoms with Gasteiger partial charge in [0, 0.05) is 38.3 Å². The van der Waals surface area contributed by atoms with Crippen molar-refractivity contribution < 1.29 is 46.3 Å². The Morgan fingerprint density at radius 1 is 1.43 bits per heavy atom. The third-order valence-electron chi connectivity index (χ3n) is 2.86. The number of allylic oxidation sites excluding steroid dienone is 1. The third-order valence-corrected chi connectivity index (χ3v) is 3.83. The maximum absolute atomic E-state index is 12.6. The molecule has 1 aliphatic heterocycles. The molecule has 21 heavy (non-hydrogen) atoms. The van der Waals surface area contributed by atoms with Crippen molar-refractivity contribution in [3.05, 3.63) is 41.5 Å². The topological polar surface area (TPSA) is 44.1 Å². The van der Waals surface area contributed by atoms with Crippen LogP contribution in [0.3, 0.4) is 0 Å². The number of hydrogen-bond acceptors (Lipinski definition) is 2. The van der Waals surface area contributed by atoms with E-state index in [4.69, 9.17) is 5.26 Å². The molecule has 1 unspecified atom stereocenters. The van der Waals surface area contributed by atoms with Gasteiger partial charge in [0.1, 0.15) is 0 Å². The summed E-state index contributed by atoms with van der Waals surface area (Å²) in [4.78, 5) is 13.1. The number of halogens is 3. The number of benzene rings is 1. The maximum atomic E-state index is 12.6. The number of hydrogen-bond donors (Lipinski definition) is 0. The van der Waals surface area contributed by atoms with Gasteiger partial charge < -0.3 is 4.90 Å². The molecular weight excluding hydrogens is 466 g/mol. The molecule has 2 rings (SSSR count). The quantitative estimate of drug-likeness (QED) is 0.383. The standard InChI is InChI=1S/C14H10F2IN2O.Y/c15-13(16)8-19-12(6-5-11(17)14(19)20)10-3-1-9(7-18)2-4-10;/h1-4,11,13H,5,8H2;/q-1;. The minimum atomic E-state index is -2.60. The van der Waals surface area contributed by atoms with Gasteiger partial charge in [0.05, 0.1) is 16.5 Å². The Labute approximate surface area is 160 Å². The number of rotatable bonds is 3. The molecule has 0 spiro atoms. The Kier molecular flexibility index (Phi) is 7.38. The number of carbonyl (C=O) groups excluding carboxylic acids is 1. The van der Waals surface area contributed by atoms with Gasteiger partial charge in [-0.3, -0.25) is 4.79 Å². The molecule has 0 N–H and O–H groups in total. The largest absolute Gasteiger partial charge is 0.341 e. The van der Waals surface area contributed by atoms with E-state index in [1.54, 1.807) is 24.3 Å². The monoisotopic (exact) mass is 476 g/mol. The Morgan fingerprint density at radius 3 is 2.57 bits per heavy atom. The molecule has 0 aliphatic carbocycles. The van der Waals surface area contributed by atoms with Crippen molar-refractivity contribution in [2.24, 2.45) is 0 Å². The molecule has 0 saturated heterocycles. The van der Waals surface area contributed by atoms with Gasteiger partial charge in [-0.1, -0.05) is 41.1 Å². The average molecular weight is 476 g/mol. The van der Waals surface area contributed by atoms with Gasteiger partial charge in [0.25, 0.3) is 6.43 Å². The zero-order valence-corrected chi connectivity index (χ0v) is 15.9. The normalized spacial score (nSPS) is 18.0. The van der Waals surface area contributed by atoms with Crippen molar-refractivity contribution in [2.75, 3.05) is 6.54 Å². The number of nitrogens with zero attached hydrogens (tertiary/aromatic N) is 2. The zero-order chi connectivity index (χ0) is 14.7. The Balaban J connectivity index is 0.00000220.